The minimum atomic E-state index is -1.41. The van der Waals surface area contributed by atoms with Crippen LogP contribution < -0.4 is 5.19 Å². The minimum absolute atomic E-state index is 0.699. The molecule has 1 aliphatic carbocycles. The summed E-state index contributed by atoms with van der Waals surface area (Å²) in [5.41, 5.74) is 4.36. The average molecular weight is 349 g/mol. The van der Waals surface area contributed by atoms with Crippen molar-refractivity contribution in [2.24, 2.45) is 5.92 Å². The highest BCUT2D eigenvalue weighted by atomic mass is 28.3. The fraction of sp³-hybridized carbons (Fsp3) is 0.455. The number of rotatable bonds is 4. The number of nitriles is 1. The maximum atomic E-state index is 8.99. The number of aromatic nitrogens is 1. The average Bonchev–Trinajstić information content (AvgIpc) is 2.62. The van der Waals surface area contributed by atoms with Crippen LogP contribution in [-0.4, -0.2) is 13.1 Å². The van der Waals surface area contributed by atoms with Crippen molar-refractivity contribution in [3.05, 3.63) is 47.7 Å². The Labute approximate surface area is 152 Å². The van der Waals surface area contributed by atoms with Gasteiger partial charge in [0.05, 0.1) is 25.4 Å². The number of hydrogen-bond donors (Lipinski definition) is 0. The zero-order chi connectivity index (χ0) is 17.9. The van der Waals surface area contributed by atoms with E-state index in [2.05, 4.69) is 38.0 Å². The fourth-order valence-electron chi connectivity index (χ4n) is 3.92. The van der Waals surface area contributed by atoms with Crippen LogP contribution in [0.3, 0.4) is 0 Å². The Hall–Kier alpha value is -1.92. The number of benzene rings is 1. The Balaban J connectivity index is 1.95. The third-order valence-electron chi connectivity index (χ3n) is 5.34. The van der Waals surface area contributed by atoms with Gasteiger partial charge in [0.1, 0.15) is 0 Å². The summed E-state index contributed by atoms with van der Waals surface area (Å²) < 4.78 is 0. The van der Waals surface area contributed by atoms with Gasteiger partial charge >= 0.3 is 0 Å². The first-order valence-electron chi connectivity index (χ1n) is 9.47. The van der Waals surface area contributed by atoms with E-state index in [1.54, 1.807) is 0 Å². The van der Waals surface area contributed by atoms with Crippen molar-refractivity contribution in [3.63, 3.8) is 0 Å². The smallest absolute Gasteiger partial charge is 0.0991 e. The molecule has 1 saturated carbocycles. The van der Waals surface area contributed by atoms with E-state index in [0.29, 0.717) is 5.56 Å². The third-order valence-corrected chi connectivity index (χ3v) is 7.41. The Morgan fingerprint density at radius 2 is 1.76 bits per heavy atom. The van der Waals surface area contributed by atoms with E-state index in [1.165, 1.54) is 49.3 Å². The first-order chi connectivity index (χ1) is 12.0. The predicted octanol–water partition coefficient (Wildman–Crippen LogP) is 5.29. The van der Waals surface area contributed by atoms with Crippen molar-refractivity contribution in [2.75, 3.05) is 0 Å². The molecule has 1 aliphatic rings. The molecule has 3 heteroatoms. The van der Waals surface area contributed by atoms with Crippen molar-refractivity contribution in [2.45, 2.75) is 58.2 Å². The summed E-state index contributed by atoms with van der Waals surface area (Å²) in [4.78, 5) is 4.78. The standard InChI is InChI=1S/C22H28N2Si/c1-25(2,3)22-16-24-21(19-11-9-18(15-23)10-12-19)14-20(22)13-17-7-5-4-6-8-17/h9-12,14,16-17H,4-8,13H2,1-3H3. The first kappa shape index (κ1) is 17.9. The van der Waals surface area contributed by atoms with Crippen molar-refractivity contribution >= 4 is 13.3 Å². The summed E-state index contributed by atoms with van der Waals surface area (Å²) in [6.45, 7) is 7.24. The molecular formula is C22H28N2Si. The SMILES string of the molecule is C[Si](C)(C)c1cnc(-c2ccc(C#N)cc2)cc1CC1CCCCC1. The minimum Gasteiger partial charge on any atom is -0.256 e. The summed E-state index contributed by atoms with van der Waals surface area (Å²) in [6, 6.07) is 12.3. The number of nitrogens with zero attached hydrogens (tertiary/aromatic N) is 2. The highest BCUT2D eigenvalue weighted by Crippen LogP contribution is 2.28. The van der Waals surface area contributed by atoms with Gasteiger partial charge < -0.3 is 0 Å². The van der Waals surface area contributed by atoms with E-state index in [4.69, 9.17) is 10.2 Å². The molecule has 1 aromatic carbocycles. The van der Waals surface area contributed by atoms with E-state index < -0.39 is 8.07 Å². The lowest BCUT2D eigenvalue weighted by atomic mass is 9.85. The summed E-state index contributed by atoms with van der Waals surface area (Å²) >= 11 is 0. The molecule has 3 rings (SSSR count). The molecule has 1 aromatic heterocycles. The summed E-state index contributed by atoms with van der Waals surface area (Å²) in [5, 5.41) is 10.5. The second-order valence-electron chi connectivity index (χ2n) is 8.37. The molecule has 0 bridgehead atoms. The molecule has 0 amide bonds. The van der Waals surface area contributed by atoms with Crippen molar-refractivity contribution in [1.82, 2.24) is 4.98 Å². The van der Waals surface area contributed by atoms with Crippen molar-refractivity contribution in [1.29, 1.82) is 5.26 Å². The molecule has 1 fully saturated rings. The second kappa shape index (κ2) is 7.54. The van der Waals surface area contributed by atoms with Gasteiger partial charge in [0.25, 0.3) is 0 Å². The van der Waals surface area contributed by atoms with Gasteiger partial charge in [0.15, 0.2) is 0 Å². The Kier molecular flexibility index (Phi) is 5.39. The monoisotopic (exact) mass is 348 g/mol. The highest BCUT2D eigenvalue weighted by molar-refractivity contribution is 6.89. The van der Waals surface area contributed by atoms with Crippen LogP contribution in [0.5, 0.6) is 0 Å². The molecule has 0 aliphatic heterocycles. The van der Waals surface area contributed by atoms with Crippen LogP contribution in [0.4, 0.5) is 0 Å². The fourth-order valence-corrected chi connectivity index (χ4v) is 5.51. The van der Waals surface area contributed by atoms with E-state index in [1.807, 2.05) is 24.3 Å². The van der Waals surface area contributed by atoms with E-state index in [9.17, 15) is 0 Å². The van der Waals surface area contributed by atoms with Gasteiger partial charge in [-0.15, -0.1) is 0 Å². The maximum absolute atomic E-state index is 8.99. The first-order valence-corrected chi connectivity index (χ1v) is 13.0. The molecule has 0 saturated heterocycles. The molecule has 25 heavy (non-hydrogen) atoms. The van der Waals surface area contributed by atoms with E-state index >= 15 is 0 Å². The van der Waals surface area contributed by atoms with Crippen LogP contribution in [0.25, 0.3) is 11.3 Å². The maximum Gasteiger partial charge on any atom is 0.0991 e. The Morgan fingerprint density at radius 3 is 2.36 bits per heavy atom. The molecule has 130 valence electrons. The van der Waals surface area contributed by atoms with Gasteiger partial charge in [0.2, 0.25) is 0 Å². The van der Waals surface area contributed by atoms with Gasteiger partial charge in [-0.05, 0) is 41.3 Å². The molecule has 2 nitrogen and oxygen atoms in total. The van der Waals surface area contributed by atoms with Crippen LogP contribution in [0.2, 0.25) is 19.6 Å². The number of pyridine rings is 1. The topological polar surface area (TPSA) is 36.7 Å². The van der Waals surface area contributed by atoms with Crippen LogP contribution in [0.15, 0.2) is 36.5 Å². The van der Waals surface area contributed by atoms with Crippen LogP contribution >= 0.6 is 0 Å². The molecule has 0 radical (unpaired) electrons. The summed E-state index contributed by atoms with van der Waals surface area (Å²) in [6.07, 6.45) is 10.3. The van der Waals surface area contributed by atoms with Gasteiger partial charge in [-0.1, -0.05) is 63.9 Å². The quantitative estimate of drug-likeness (QED) is 0.704. The Morgan fingerprint density at radius 1 is 1.08 bits per heavy atom. The van der Waals surface area contributed by atoms with Gasteiger partial charge in [-0.3, -0.25) is 4.98 Å². The zero-order valence-corrected chi connectivity index (χ0v) is 16.7. The van der Waals surface area contributed by atoms with E-state index in [-0.39, 0.29) is 0 Å². The second-order valence-corrected chi connectivity index (χ2v) is 13.4. The predicted molar refractivity (Wildman–Crippen MR) is 108 cm³/mol. The number of hydrogen-bond acceptors (Lipinski definition) is 2. The zero-order valence-electron chi connectivity index (χ0n) is 15.7. The normalized spacial score (nSPS) is 15.8. The molecule has 1 heterocycles. The lowest BCUT2D eigenvalue weighted by Gasteiger charge is -2.26. The van der Waals surface area contributed by atoms with Crippen LogP contribution in [0, 0.1) is 17.2 Å². The van der Waals surface area contributed by atoms with Gasteiger partial charge in [0, 0.05) is 11.8 Å². The molecular weight excluding hydrogens is 320 g/mol. The Bertz CT molecular complexity index is 760. The molecule has 2 aromatic rings. The van der Waals surface area contributed by atoms with Gasteiger partial charge in [-0.25, -0.2) is 0 Å². The molecule has 0 unspecified atom stereocenters. The summed E-state index contributed by atoms with van der Waals surface area (Å²) in [7, 11) is -1.41. The summed E-state index contributed by atoms with van der Waals surface area (Å²) in [5.74, 6) is 0.833. The van der Waals surface area contributed by atoms with Crippen LogP contribution in [-0.2, 0) is 6.42 Å². The van der Waals surface area contributed by atoms with E-state index in [0.717, 1.165) is 17.2 Å². The van der Waals surface area contributed by atoms with Crippen molar-refractivity contribution in [3.8, 4) is 17.3 Å². The molecule has 0 spiro atoms. The third kappa shape index (κ3) is 4.38. The lowest BCUT2D eigenvalue weighted by Crippen LogP contribution is -2.41. The molecule has 0 atom stereocenters. The highest BCUT2D eigenvalue weighted by Gasteiger charge is 2.23. The lowest BCUT2D eigenvalue weighted by molar-refractivity contribution is 0.357. The van der Waals surface area contributed by atoms with Crippen LogP contribution in [0.1, 0.15) is 43.2 Å². The largest absolute Gasteiger partial charge is 0.256 e. The molecule has 0 N–H and O–H groups in total. The van der Waals surface area contributed by atoms with Gasteiger partial charge in [-0.2, -0.15) is 5.26 Å². The van der Waals surface area contributed by atoms with Crippen molar-refractivity contribution < 1.29 is 0 Å².